The highest BCUT2D eigenvalue weighted by Crippen LogP contribution is 2.15. The topological polar surface area (TPSA) is 3.88 Å². The number of hydrogen-bond acceptors (Lipinski definition) is 0. The Bertz CT molecular complexity index is 568. The maximum absolute atomic E-state index is 2.56. The highest BCUT2D eigenvalue weighted by molar-refractivity contribution is 5.15. The van der Waals surface area contributed by atoms with Gasteiger partial charge in [-0.3, -0.25) is 0 Å². The third-order valence-corrected chi connectivity index (χ3v) is 8.44. The maximum atomic E-state index is 2.56. The SMILES string of the molecule is CCCCCCCCCCCC[n+]1cc(CCCCCCCCCC)cc(CCCCCCCCCC)c1. The largest absolute Gasteiger partial charge is 0.205 e. The third kappa shape index (κ3) is 22.0. The number of hydrogen-bond donors (Lipinski definition) is 0. The van der Waals surface area contributed by atoms with E-state index in [2.05, 4.69) is 43.8 Å². The van der Waals surface area contributed by atoms with E-state index in [4.69, 9.17) is 0 Å². The number of pyridine rings is 1. The second-order valence-electron chi connectivity index (χ2n) is 12.4. The molecule has 1 aromatic heterocycles. The van der Waals surface area contributed by atoms with Gasteiger partial charge in [0.25, 0.3) is 0 Å². The predicted octanol–water partition coefficient (Wildman–Crippen LogP) is 12.3. The van der Waals surface area contributed by atoms with Crippen molar-refractivity contribution in [3.8, 4) is 0 Å². The van der Waals surface area contributed by atoms with Gasteiger partial charge in [0.15, 0.2) is 12.4 Å². The van der Waals surface area contributed by atoms with E-state index in [1.807, 2.05) is 0 Å². The number of aryl methyl sites for hydroxylation is 3. The molecule has 0 atom stereocenters. The predicted molar refractivity (Wildman–Crippen MR) is 171 cm³/mol. The van der Waals surface area contributed by atoms with Crippen LogP contribution in [0.4, 0.5) is 0 Å². The van der Waals surface area contributed by atoms with E-state index < -0.39 is 0 Å². The first-order valence-electron chi connectivity index (χ1n) is 17.8. The van der Waals surface area contributed by atoms with Crippen molar-refractivity contribution >= 4 is 0 Å². The Balaban J connectivity index is 2.38. The van der Waals surface area contributed by atoms with Crippen LogP contribution in [0, 0.1) is 0 Å². The smallest absolute Gasteiger partial charge is 0.171 e. The lowest BCUT2D eigenvalue weighted by Crippen LogP contribution is -2.34. The van der Waals surface area contributed by atoms with E-state index in [1.165, 1.54) is 186 Å². The van der Waals surface area contributed by atoms with Gasteiger partial charge in [0.05, 0.1) is 0 Å². The van der Waals surface area contributed by atoms with Crippen molar-refractivity contribution in [2.24, 2.45) is 0 Å². The van der Waals surface area contributed by atoms with E-state index in [1.54, 1.807) is 11.1 Å². The molecule has 1 heterocycles. The summed E-state index contributed by atoms with van der Waals surface area (Å²) >= 11 is 0. The molecule has 0 aliphatic rings. The lowest BCUT2D eigenvalue weighted by atomic mass is 10.0. The van der Waals surface area contributed by atoms with Gasteiger partial charge in [-0.25, -0.2) is 4.57 Å². The summed E-state index contributed by atoms with van der Waals surface area (Å²) in [5.41, 5.74) is 3.19. The van der Waals surface area contributed by atoms with Gasteiger partial charge in [0.2, 0.25) is 0 Å². The summed E-state index contributed by atoms with van der Waals surface area (Å²) < 4.78 is 2.56. The molecular formula is C37H70N+. The zero-order chi connectivity index (χ0) is 27.4. The number of nitrogens with zero attached hydrogens (tertiary/aromatic N) is 1. The van der Waals surface area contributed by atoms with Crippen molar-refractivity contribution in [2.45, 2.75) is 207 Å². The zero-order valence-corrected chi connectivity index (χ0v) is 26.7. The van der Waals surface area contributed by atoms with Crippen molar-refractivity contribution < 1.29 is 4.57 Å². The summed E-state index contributed by atoms with van der Waals surface area (Å²) in [5, 5.41) is 0. The van der Waals surface area contributed by atoms with Gasteiger partial charge >= 0.3 is 0 Å². The van der Waals surface area contributed by atoms with Crippen LogP contribution in [0.5, 0.6) is 0 Å². The molecule has 1 heteroatoms. The van der Waals surface area contributed by atoms with Gasteiger partial charge in [0, 0.05) is 17.5 Å². The molecule has 222 valence electrons. The van der Waals surface area contributed by atoms with Gasteiger partial charge in [-0.1, -0.05) is 162 Å². The lowest BCUT2D eigenvalue weighted by molar-refractivity contribution is -0.698. The van der Waals surface area contributed by atoms with Gasteiger partial charge in [-0.15, -0.1) is 0 Å². The van der Waals surface area contributed by atoms with E-state index >= 15 is 0 Å². The molecule has 0 saturated carbocycles. The highest BCUT2D eigenvalue weighted by atomic mass is 14.9. The summed E-state index contributed by atoms with van der Waals surface area (Å²) in [7, 11) is 0. The molecule has 1 aromatic rings. The van der Waals surface area contributed by atoms with Crippen LogP contribution in [0.3, 0.4) is 0 Å². The first-order chi connectivity index (χ1) is 18.8. The molecule has 0 fully saturated rings. The molecule has 0 bridgehead atoms. The van der Waals surface area contributed by atoms with Crippen LogP contribution >= 0.6 is 0 Å². The first kappa shape index (κ1) is 35.2. The molecule has 38 heavy (non-hydrogen) atoms. The van der Waals surface area contributed by atoms with E-state index in [0.29, 0.717) is 0 Å². The number of unbranched alkanes of at least 4 members (excludes halogenated alkanes) is 23. The molecule has 0 aliphatic carbocycles. The minimum Gasteiger partial charge on any atom is -0.205 e. The van der Waals surface area contributed by atoms with Crippen molar-refractivity contribution in [2.75, 3.05) is 0 Å². The van der Waals surface area contributed by atoms with Crippen molar-refractivity contribution in [3.63, 3.8) is 0 Å². The van der Waals surface area contributed by atoms with Crippen LogP contribution < -0.4 is 4.57 Å². The second-order valence-corrected chi connectivity index (χ2v) is 12.4. The van der Waals surface area contributed by atoms with Crippen LogP contribution in [-0.2, 0) is 19.4 Å². The van der Waals surface area contributed by atoms with Gasteiger partial charge in [-0.2, -0.15) is 0 Å². The van der Waals surface area contributed by atoms with Crippen LogP contribution in [0.25, 0.3) is 0 Å². The fourth-order valence-electron chi connectivity index (χ4n) is 5.89. The van der Waals surface area contributed by atoms with Crippen molar-refractivity contribution in [3.05, 3.63) is 29.6 Å². The molecule has 0 radical (unpaired) electrons. The maximum Gasteiger partial charge on any atom is 0.171 e. The Labute approximate surface area is 241 Å². The molecule has 0 aliphatic heterocycles. The molecular weight excluding hydrogens is 458 g/mol. The Hall–Kier alpha value is -0.850. The summed E-state index contributed by atoms with van der Waals surface area (Å²) in [6, 6.07) is 2.55. The fourth-order valence-corrected chi connectivity index (χ4v) is 5.89. The molecule has 0 amide bonds. The summed E-state index contributed by atoms with van der Waals surface area (Å²) in [6.45, 7) is 8.15. The zero-order valence-electron chi connectivity index (χ0n) is 26.7. The van der Waals surface area contributed by atoms with Gasteiger partial charge in [0.1, 0.15) is 6.54 Å². The standard InChI is InChI=1S/C37H70N/c1-4-7-10-13-16-19-20-23-26-29-32-38-34-36(30-27-24-21-17-14-11-8-5-2)33-37(35-38)31-28-25-22-18-15-12-9-6-3/h33-35H,4-32H2,1-3H3/q+1. The van der Waals surface area contributed by atoms with Gasteiger partial charge < -0.3 is 0 Å². The van der Waals surface area contributed by atoms with E-state index in [-0.39, 0.29) is 0 Å². The Morgan fingerprint density at radius 3 is 1.00 bits per heavy atom. The second kappa shape index (κ2) is 27.7. The molecule has 0 aromatic carbocycles. The molecule has 1 nitrogen and oxygen atoms in total. The Morgan fingerprint density at radius 1 is 0.368 bits per heavy atom. The van der Waals surface area contributed by atoms with Crippen LogP contribution in [0.15, 0.2) is 18.5 Å². The minimum atomic E-state index is 1.21. The van der Waals surface area contributed by atoms with Crippen LogP contribution in [0.1, 0.15) is 199 Å². The molecule has 0 N–H and O–H groups in total. The third-order valence-electron chi connectivity index (χ3n) is 8.44. The first-order valence-corrected chi connectivity index (χ1v) is 17.8. The van der Waals surface area contributed by atoms with Crippen LogP contribution in [-0.4, -0.2) is 0 Å². The Morgan fingerprint density at radius 2 is 0.658 bits per heavy atom. The molecule has 1 rings (SSSR count). The quantitative estimate of drug-likeness (QED) is 0.0719. The number of rotatable bonds is 29. The molecule has 0 spiro atoms. The Kier molecular flexibility index (Phi) is 25.6. The summed E-state index contributed by atoms with van der Waals surface area (Å²) in [4.78, 5) is 0. The minimum absolute atomic E-state index is 1.21. The normalized spacial score (nSPS) is 11.4. The van der Waals surface area contributed by atoms with E-state index in [0.717, 1.165) is 0 Å². The fraction of sp³-hybridized carbons (Fsp3) is 0.865. The summed E-state index contributed by atoms with van der Waals surface area (Å²) in [5.74, 6) is 0. The van der Waals surface area contributed by atoms with Crippen LogP contribution in [0.2, 0.25) is 0 Å². The highest BCUT2D eigenvalue weighted by Gasteiger charge is 2.09. The van der Waals surface area contributed by atoms with Crippen molar-refractivity contribution in [1.82, 2.24) is 0 Å². The lowest BCUT2D eigenvalue weighted by Gasteiger charge is -2.07. The average molecular weight is 529 g/mol. The summed E-state index contributed by atoms with van der Waals surface area (Å²) in [6.07, 6.45) is 44.4. The molecule has 0 unspecified atom stereocenters. The van der Waals surface area contributed by atoms with E-state index in [9.17, 15) is 0 Å². The van der Waals surface area contributed by atoms with Crippen molar-refractivity contribution in [1.29, 1.82) is 0 Å². The number of aromatic nitrogens is 1. The molecule has 0 saturated heterocycles. The van der Waals surface area contributed by atoms with Gasteiger partial charge in [-0.05, 0) is 38.2 Å². The monoisotopic (exact) mass is 529 g/mol. The average Bonchev–Trinajstić information content (AvgIpc) is 2.92.